The zero-order chi connectivity index (χ0) is 12.1. The van der Waals surface area contributed by atoms with Crippen LogP contribution in [0.4, 0.5) is 5.69 Å². The number of aryl methyl sites for hydroxylation is 1. The number of nitrogens with zero attached hydrogens (tertiary/aromatic N) is 1. The van der Waals surface area contributed by atoms with Crippen molar-refractivity contribution >= 4 is 17.3 Å². The summed E-state index contributed by atoms with van der Waals surface area (Å²) in [7, 11) is 0. The molecule has 0 saturated heterocycles. The van der Waals surface area contributed by atoms with Crippen LogP contribution in [0.5, 0.6) is 0 Å². The van der Waals surface area contributed by atoms with Crippen molar-refractivity contribution in [3.8, 4) is 0 Å². The van der Waals surface area contributed by atoms with E-state index < -0.39 is 0 Å². The minimum Gasteiger partial charge on any atom is -0.308 e. The van der Waals surface area contributed by atoms with Crippen LogP contribution in [0, 0.1) is 17.0 Å². The molecule has 0 amide bonds. The van der Waals surface area contributed by atoms with Gasteiger partial charge in [-0.3, -0.25) is 10.1 Å². The Morgan fingerprint density at radius 1 is 1.62 bits per heavy atom. The maximum Gasteiger partial charge on any atom is 0.272 e. The Labute approximate surface area is 99.1 Å². The molecule has 0 aliphatic rings. The van der Waals surface area contributed by atoms with E-state index >= 15 is 0 Å². The largest absolute Gasteiger partial charge is 0.308 e. The predicted octanol–water partition coefficient (Wildman–Crippen LogP) is 2.75. The lowest BCUT2D eigenvalue weighted by molar-refractivity contribution is -0.385. The first-order chi connectivity index (χ1) is 7.50. The molecule has 0 aliphatic carbocycles. The van der Waals surface area contributed by atoms with Gasteiger partial charge in [0.25, 0.3) is 5.69 Å². The molecule has 0 saturated carbocycles. The van der Waals surface area contributed by atoms with Gasteiger partial charge in [-0.2, -0.15) is 0 Å². The molecule has 1 rings (SSSR count). The molecule has 0 aliphatic heterocycles. The highest BCUT2D eigenvalue weighted by atomic mass is 35.5. The molecule has 1 N–H and O–H groups in total. The van der Waals surface area contributed by atoms with E-state index in [2.05, 4.69) is 11.9 Å². The Morgan fingerprint density at radius 2 is 2.31 bits per heavy atom. The second-order valence-electron chi connectivity index (χ2n) is 3.50. The van der Waals surface area contributed by atoms with E-state index in [9.17, 15) is 10.1 Å². The fourth-order valence-electron chi connectivity index (χ4n) is 1.37. The molecule has 86 valence electrons. The lowest BCUT2D eigenvalue weighted by Crippen LogP contribution is -2.14. The molecule has 0 atom stereocenters. The number of rotatable bonds is 5. The predicted molar refractivity (Wildman–Crippen MR) is 64.5 cm³/mol. The number of nitro groups is 1. The number of hydrogen-bond acceptors (Lipinski definition) is 3. The van der Waals surface area contributed by atoms with Gasteiger partial charge in [0.1, 0.15) is 0 Å². The Morgan fingerprint density at radius 3 is 2.81 bits per heavy atom. The molecule has 1 aromatic rings. The molecule has 0 unspecified atom stereocenters. The number of nitrogens with one attached hydrogen (secondary N) is 1. The van der Waals surface area contributed by atoms with Gasteiger partial charge < -0.3 is 5.32 Å². The van der Waals surface area contributed by atoms with Gasteiger partial charge in [0.05, 0.1) is 4.92 Å². The highest BCUT2D eigenvalue weighted by Crippen LogP contribution is 2.18. The zero-order valence-corrected chi connectivity index (χ0v) is 9.75. The number of hydrogen-bond donors (Lipinski definition) is 1. The lowest BCUT2D eigenvalue weighted by atomic mass is 10.1. The third kappa shape index (κ3) is 3.64. The van der Waals surface area contributed by atoms with E-state index in [4.69, 9.17) is 11.6 Å². The number of nitro benzene ring substituents is 1. The summed E-state index contributed by atoms with van der Waals surface area (Å²) >= 11 is 5.60. The van der Waals surface area contributed by atoms with Gasteiger partial charge in [0, 0.05) is 29.8 Å². The third-order valence-electron chi connectivity index (χ3n) is 2.10. The quantitative estimate of drug-likeness (QED) is 0.636. The van der Waals surface area contributed by atoms with Crippen molar-refractivity contribution < 1.29 is 4.92 Å². The van der Waals surface area contributed by atoms with Gasteiger partial charge >= 0.3 is 0 Å². The zero-order valence-electron chi connectivity index (χ0n) is 9.00. The Bertz CT molecular complexity index is 418. The Balaban J connectivity index is 2.66. The first kappa shape index (κ1) is 12.7. The van der Waals surface area contributed by atoms with E-state index in [1.165, 1.54) is 6.07 Å². The van der Waals surface area contributed by atoms with Crippen molar-refractivity contribution in [1.29, 1.82) is 0 Å². The van der Waals surface area contributed by atoms with Crippen LogP contribution in [0.25, 0.3) is 0 Å². The van der Waals surface area contributed by atoms with E-state index in [1.54, 1.807) is 19.1 Å². The van der Waals surface area contributed by atoms with E-state index in [0.29, 0.717) is 23.7 Å². The smallest absolute Gasteiger partial charge is 0.272 e. The van der Waals surface area contributed by atoms with E-state index in [0.717, 1.165) is 5.56 Å². The van der Waals surface area contributed by atoms with E-state index in [1.807, 2.05) is 0 Å². The normalized spacial score (nSPS) is 10.1. The second kappa shape index (κ2) is 5.63. The van der Waals surface area contributed by atoms with Gasteiger partial charge in [-0.15, -0.1) is 0 Å². The Hall–Kier alpha value is -1.39. The molecule has 0 aromatic heterocycles. The van der Waals surface area contributed by atoms with Crippen molar-refractivity contribution in [2.24, 2.45) is 0 Å². The molecule has 1 aromatic carbocycles. The average molecular weight is 241 g/mol. The molecular formula is C11H13ClN2O2. The molecule has 0 bridgehead atoms. The van der Waals surface area contributed by atoms with Crippen LogP contribution in [0.3, 0.4) is 0 Å². The number of halogens is 1. The van der Waals surface area contributed by atoms with Gasteiger partial charge in [-0.1, -0.05) is 24.2 Å². The minimum atomic E-state index is -0.382. The van der Waals surface area contributed by atoms with Crippen molar-refractivity contribution in [3.63, 3.8) is 0 Å². The summed E-state index contributed by atoms with van der Waals surface area (Å²) < 4.78 is 0. The molecular weight excluding hydrogens is 228 g/mol. The maximum atomic E-state index is 10.6. The van der Waals surface area contributed by atoms with Crippen molar-refractivity contribution in [3.05, 3.63) is 51.1 Å². The SMILES string of the molecule is C=C(Cl)CNCc1ccc([N+](=O)[O-])c(C)c1. The molecule has 0 heterocycles. The van der Waals surface area contributed by atoms with Crippen LogP contribution in [0.2, 0.25) is 0 Å². The first-order valence-corrected chi connectivity index (χ1v) is 5.16. The molecule has 5 heteroatoms. The van der Waals surface area contributed by atoms with Gasteiger partial charge in [-0.25, -0.2) is 0 Å². The number of benzene rings is 1. The van der Waals surface area contributed by atoms with Crippen molar-refractivity contribution in [1.82, 2.24) is 5.32 Å². The van der Waals surface area contributed by atoms with Crippen LogP contribution in [-0.4, -0.2) is 11.5 Å². The van der Waals surface area contributed by atoms with Crippen LogP contribution in [0.1, 0.15) is 11.1 Å². The summed E-state index contributed by atoms with van der Waals surface area (Å²) in [5.41, 5.74) is 1.79. The molecule has 0 radical (unpaired) electrons. The van der Waals surface area contributed by atoms with Crippen LogP contribution in [0.15, 0.2) is 29.8 Å². The molecule has 0 fully saturated rings. The van der Waals surface area contributed by atoms with Gasteiger partial charge in [-0.05, 0) is 18.6 Å². The lowest BCUT2D eigenvalue weighted by Gasteiger charge is -2.05. The summed E-state index contributed by atoms with van der Waals surface area (Å²) in [5.74, 6) is 0. The third-order valence-corrected chi connectivity index (χ3v) is 2.24. The highest BCUT2D eigenvalue weighted by molar-refractivity contribution is 6.29. The van der Waals surface area contributed by atoms with Gasteiger partial charge in [0.15, 0.2) is 0 Å². The topological polar surface area (TPSA) is 55.2 Å². The molecule has 16 heavy (non-hydrogen) atoms. The van der Waals surface area contributed by atoms with Crippen LogP contribution in [-0.2, 0) is 6.54 Å². The Kier molecular flexibility index (Phi) is 4.46. The molecule has 0 spiro atoms. The van der Waals surface area contributed by atoms with Crippen molar-refractivity contribution in [2.45, 2.75) is 13.5 Å². The highest BCUT2D eigenvalue weighted by Gasteiger charge is 2.09. The summed E-state index contributed by atoms with van der Waals surface area (Å²) in [5, 5.41) is 14.2. The summed E-state index contributed by atoms with van der Waals surface area (Å²) in [6.45, 7) is 6.42. The van der Waals surface area contributed by atoms with Crippen LogP contribution < -0.4 is 5.32 Å². The van der Waals surface area contributed by atoms with Crippen LogP contribution >= 0.6 is 11.6 Å². The van der Waals surface area contributed by atoms with Crippen molar-refractivity contribution in [2.75, 3.05) is 6.54 Å². The molecule has 4 nitrogen and oxygen atoms in total. The fraction of sp³-hybridized carbons (Fsp3) is 0.273. The maximum absolute atomic E-state index is 10.6. The average Bonchev–Trinajstić information content (AvgIpc) is 2.16. The monoisotopic (exact) mass is 240 g/mol. The standard InChI is InChI=1S/C11H13ClN2O2/c1-8-5-10(7-13-6-9(2)12)3-4-11(8)14(15)16/h3-5,13H,2,6-7H2,1H3. The second-order valence-corrected chi connectivity index (χ2v) is 4.03. The summed E-state index contributed by atoms with van der Waals surface area (Å²) in [4.78, 5) is 10.2. The summed E-state index contributed by atoms with van der Waals surface area (Å²) in [6, 6.07) is 5.04. The summed E-state index contributed by atoms with van der Waals surface area (Å²) in [6.07, 6.45) is 0. The minimum absolute atomic E-state index is 0.144. The van der Waals surface area contributed by atoms with Gasteiger partial charge in [0.2, 0.25) is 0 Å². The first-order valence-electron chi connectivity index (χ1n) is 4.78. The fourth-order valence-corrected chi connectivity index (χ4v) is 1.47. The van der Waals surface area contributed by atoms with E-state index in [-0.39, 0.29) is 10.6 Å².